The van der Waals surface area contributed by atoms with E-state index >= 15 is 0 Å². The summed E-state index contributed by atoms with van der Waals surface area (Å²) >= 11 is 0. The van der Waals surface area contributed by atoms with Crippen LogP contribution in [0.25, 0.3) is 11.2 Å². The summed E-state index contributed by atoms with van der Waals surface area (Å²) in [6.45, 7) is 9.25. The largest absolute Gasteiger partial charge is 0.448 e. The first kappa shape index (κ1) is 26.4. The van der Waals surface area contributed by atoms with Crippen LogP contribution in [0, 0.1) is 0 Å². The molecule has 35 heavy (non-hydrogen) atoms. The fraction of sp³-hybridized carbons (Fsp3) is 0.520. The Bertz CT molecular complexity index is 1090. The van der Waals surface area contributed by atoms with Crippen LogP contribution in [0.15, 0.2) is 36.9 Å². The highest BCUT2D eigenvalue weighted by molar-refractivity contribution is 5.81. The van der Waals surface area contributed by atoms with Gasteiger partial charge in [-0.15, -0.1) is 0 Å². The van der Waals surface area contributed by atoms with Gasteiger partial charge in [0, 0.05) is 33.3 Å². The number of ether oxygens (including phenoxy) is 2. The lowest BCUT2D eigenvalue weighted by atomic mass is 9.87. The van der Waals surface area contributed by atoms with Gasteiger partial charge in [0.2, 0.25) is 0 Å². The number of imidazole rings is 1. The Morgan fingerprint density at radius 2 is 1.94 bits per heavy atom. The van der Waals surface area contributed by atoms with Crippen molar-refractivity contribution in [3.8, 4) is 0 Å². The number of nitrogens with one attached hydrogen (secondary N) is 1. The molecule has 1 unspecified atom stereocenters. The van der Waals surface area contributed by atoms with Gasteiger partial charge in [-0.3, -0.25) is 0 Å². The quantitative estimate of drug-likeness (QED) is 0.427. The number of hydrogen-bond donors (Lipinski definition) is 2. The van der Waals surface area contributed by atoms with Crippen LogP contribution in [0.2, 0.25) is 0 Å². The van der Waals surface area contributed by atoms with E-state index in [0.717, 1.165) is 12.0 Å². The zero-order valence-corrected chi connectivity index (χ0v) is 21.3. The number of benzene rings is 1. The minimum Gasteiger partial charge on any atom is -0.448 e. The molecule has 0 bridgehead atoms. The fourth-order valence-electron chi connectivity index (χ4n) is 3.71. The number of aryl methyl sites for hydroxylation is 1. The molecule has 0 radical (unpaired) electrons. The third-order valence-corrected chi connectivity index (χ3v) is 5.93. The highest BCUT2D eigenvalue weighted by atomic mass is 16.5. The molecule has 0 aliphatic carbocycles. The number of nitrogens with two attached hydrogens (primary N) is 1. The maximum Gasteiger partial charge on any atom is 0.407 e. The molecule has 10 heteroatoms. The molecule has 0 aliphatic rings. The number of anilines is 1. The van der Waals surface area contributed by atoms with E-state index in [-0.39, 0.29) is 11.5 Å². The molecule has 0 saturated carbocycles. The first-order valence-electron chi connectivity index (χ1n) is 11.8. The number of alkyl carbamates (subject to hydrolysis) is 1. The van der Waals surface area contributed by atoms with Crippen molar-refractivity contribution in [1.29, 1.82) is 0 Å². The third kappa shape index (κ3) is 7.63. The lowest BCUT2D eigenvalue weighted by molar-refractivity contribution is 0.0555. The molecule has 2 heterocycles. The molecule has 1 amide bonds. The summed E-state index contributed by atoms with van der Waals surface area (Å²) in [5, 5.41) is 2.80. The van der Waals surface area contributed by atoms with Gasteiger partial charge in [-0.05, 0) is 30.0 Å². The van der Waals surface area contributed by atoms with Gasteiger partial charge in [0.1, 0.15) is 18.5 Å². The zero-order chi connectivity index (χ0) is 25.4. The van der Waals surface area contributed by atoms with Gasteiger partial charge in [-0.25, -0.2) is 19.7 Å². The average Bonchev–Trinajstić information content (AvgIpc) is 3.24. The van der Waals surface area contributed by atoms with Crippen molar-refractivity contribution in [2.45, 2.75) is 51.8 Å². The average molecular weight is 484 g/mol. The van der Waals surface area contributed by atoms with E-state index < -0.39 is 6.09 Å². The van der Waals surface area contributed by atoms with E-state index in [0.29, 0.717) is 49.8 Å². The number of amides is 1. The number of nitrogen functional groups attached to an aromatic ring is 1. The van der Waals surface area contributed by atoms with Crippen molar-refractivity contribution in [3.05, 3.63) is 48.0 Å². The summed E-state index contributed by atoms with van der Waals surface area (Å²) in [4.78, 5) is 26.7. The SMILES string of the molecule is COC(CCn1cnc2c(N)ncnc21)CN(C)CCOC(=O)NCc1ccc(C(C)(C)C)cc1. The molecular formula is C25H37N7O3. The Labute approximate surface area is 206 Å². The number of hydrogen-bond acceptors (Lipinski definition) is 8. The van der Waals surface area contributed by atoms with Gasteiger partial charge >= 0.3 is 6.09 Å². The second kappa shape index (κ2) is 11.9. The number of carbonyl (C=O) groups is 1. The van der Waals surface area contributed by atoms with Crippen molar-refractivity contribution in [2.75, 3.05) is 39.6 Å². The molecule has 3 rings (SSSR count). The maximum atomic E-state index is 12.1. The standard InChI is InChI=1S/C25H37N7O3/c1-25(2,3)19-8-6-18(7-9-19)14-27-24(33)35-13-12-31(4)15-20(34-5)10-11-32-17-30-21-22(26)28-16-29-23(21)32/h6-9,16-17,20H,10-15H2,1-5H3,(H,27,33)(H2,26,28,29). The Kier molecular flexibility index (Phi) is 9.00. The van der Waals surface area contributed by atoms with Crippen LogP contribution in [0.5, 0.6) is 0 Å². The van der Waals surface area contributed by atoms with Crippen LogP contribution < -0.4 is 11.1 Å². The van der Waals surface area contributed by atoms with E-state index in [1.807, 2.05) is 23.7 Å². The summed E-state index contributed by atoms with van der Waals surface area (Å²) in [6, 6.07) is 8.27. The minimum atomic E-state index is -0.421. The van der Waals surface area contributed by atoms with Crippen LogP contribution >= 0.6 is 0 Å². The number of nitrogens with zero attached hydrogens (tertiary/aromatic N) is 5. The predicted molar refractivity (Wildman–Crippen MR) is 136 cm³/mol. The Morgan fingerprint density at radius 1 is 1.20 bits per heavy atom. The number of rotatable bonds is 11. The molecule has 1 atom stereocenters. The van der Waals surface area contributed by atoms with Crippen molar-refractivity contribution >= 4 is 23.1 Å². The predicted octanol–water partition coefficient (Wildman–Crippen LogP) is 2.97. The summed E-state index contributed by atoms with van der Waals surface area (Å²) < 4.78 is 12.9. The molecular weight excluding hydrogens is 446 g/mol. The van der Waals surface area contributed by atoms with E-state index in [2.05, 4.69) is 58.1 Å². The molecule has 190 valence electrons. The highest BCUT2D eigenvalue weighted by Crippen LogP contribution is 2.22. The minimum absolute atomic E-state index is 0.00142. The number of likely N-dealkylation sites (N-methyl/N-ethyl adjacent to an activating group) is 1. The fourth-order valence-corrected chi connectivity index (χ4v) is 3.71. The third-order valence-electron chi connectivity index (χ3n) is 5.93. The summed E-state index contributed by atoms with van der Waals surface area (Å²) in [6.07, 6.45) is 3.51. The zero-order valence-electron chi connectivity index (χ0n) is 21.3. The van der Waals surface area contributed by atoms with Gasteiger partial charge in [-0.2, -0.15) is 0 Å². The molecule has 1 aromatic carbocycles. The van der Waals surface area contributed by atoms with Crippen molar-refractivity contribution < 1.29 is 14.3 Å². The first-order chi connectivity index (χ1) is 16.7. The van der Waals surface area contributed by atoms with Crippen LogP contribution in [-0.2, 0) is 28.0 Å². The molecule has 0 saturated heterocycles. The van der Waals surface area contributed by atoms with Gasteiger partial charge < -0.3 is 30.0 Å². The van der Waals surface area contributed by atoms with Crippen LogP contribution in [0.4, 0.5) is 10.6 Å². The van der Waals surface area contributed by atoms with Gasteiger partial charge in [-0.1, -0.05) is 45.0 Å². The number of carbonyl (C=O) groups excluding carboxylic acids is 1. The van der Waals surface area contributed by atoms with Crippen LogP contribution in [0.1, 0.15) is 38.3 Å². The van der Waals surface area contributed by atoms with E-state index in [9.17, 15) is 4.79 Å². The van der Waals surface area contributed by atoms with Crippen LogP contribution in [0.3, 0.4) is 0 Å². The van der Waals surface area contributed by atoms with Crippen molar-refractivity contribution in [1.82, 2.24) is 29.7 Å². The molecule has 0 aliphatic heterocycles. The van der Waals surface area contributed by atoms with Gasteiger partial charge in [0.25, 0.3) is 0 Å². The number of aromatic nitrogens is 4. The highest BCUT2D eigenvalue weighted by Gasteiger charge is 2.15. The molecule has 0 fully saturated rings. The normalized spacial score (nSPS) is 12.7. The van der Waals surface area contributed by atoms with E-state index in [1.54, 1.807) is 13.4 Å². The van der Waals surface area contributed by atoms with Crippen molar-refractivity contribution in [2.24, 2.45) is 0 Å². The maximum absolute atomic E-state index is 12.1. The lowest BCUT2D eigenvalue weighted by Crippen LogP contribution is -2.34. The summed E-state index contributed by atoms with van der Waals surface area (Å²) in [7, 11) is 3.67. The Balaban J connectivity index is 1.35. The second-order valence-electron chi connectivity index (χ2n) is 9.71. The smallest absolute Gasteiger partial charge is 0.407 e. The number of fused-ring (bicyclic) bond motifs is 1. The topological polar surface area (TPSA) is 120 Å². The van der Waals surface area contributed by atoms with E-state index in [4.69, 9.17) is 15.2 Å². The molecule has 3 N–H and O–H groups in total. The summed E-state index contributed by atoms with van der Waals surface area (Å²) in [5.74, 6) is 0.374. The lowest BCUT2D eigenvalue weighted by Gasteiger charge is -2.23. The van der Waals surface area contributed by atoms with Gasteiger partial charge in [0.05, 0.1) is 12.4 Å². The molecule has 0 spiro atoms. The first-order valence-corrected chi connectivity index (χ1v) is 11.8. The molecule has 2 aromatic heterocycles. The Hall–Kier alpha value is -3.24. The van der Waals surface area contributed by atoms with E-state index in [1.165, 1.54) is 11.9 Å². The van der Waals surface area contributed by atoms with Gasteiger partial charge in [0.15, 0.2) is 11.5 Å². The monoisotopic (exact) mass is 483 g/mol. The van der Waals surface area contributed by atoms with Crippen molar-refractivity contribution in [3.63, 3.8) is 0 Å². The number of methoxy groups -OCH3 is 1. The molecule has 10 nitrogen and oxygen atoms in total. The second-order valence-corrected chi connectivity index (χ2v) is 9.71. The summed E-state index contributed by atoms with van der Waals surface area (Å²) in [5.41, 5.74) is 9.58. The van der Waals surface area contributed by atoms with Crippen LogP contribution in [-0.4, -0.2) is 70.5 Å². The Morgan fingerprint density at radius 3 is 2.63 bits per heavy atom. The molecule has 3 aromatic rings.